The van der Waals surface area contributed by atoms with Crippen LogP contribution in [0, 0.1) is 5.92 Å². The quantitative estimate of drug-likeness (QED) is 0.815. The van der Waals surface area contributed by atoms with Gasteiger partial charge in [0, 0.05) is 31.9 Å². The molecule has 0 atom stereocenters. The molecular weight excluding hydrogens is 270 g/mol. The van der Waals surface area contributed by atoms with E-state index in [1.54, 1.807) is 8.61 Å². The van der Waals surface area contributed by atoms with Gasteiger partial charge in [-0.15, -0.1) is 0 Å². The molecule has 0 amide bonds. The Morgan fingerprint density at radius 1 is 1.06 bits per heavy atom. The lowest BCUT2D eigenvalue weighted by atomic mass is 9.99. The Morgan fingerprint density at radius 2 is 1.72 bits per heavy atom. The van der Waals surface area contributed by atoms with E-state index in [4.69, 9.17) is 5.73 Å². The predicted octanol–water partition coefficient (Wildman–Crippen LogP) is 0.341. The molecule has 2 N–H and O–H groups in total. The van der Waals surface area contributed by atoms with E-state index in [2.05, 4.69) is 0 Å². The highest BCUT2D eigenvalue weighted by atomic mass is 32.2. The zero-order chi connectivity index (χ0) is 13.0. The predicted molar refractivity (Wildman–Crippen MR) is 75.8 cm³/mol. The van der Waals surface area contributed by atoms with Crippen molar-refractivity contribution in [3.8, 4) is 0 Å². The number of hydrogen-bond donors (Lipinski definition) is 1. The van der Waals surface area contributed by atoms with Gasteiger partial charge in [0.05, 0.1) is 0 Å². The van der Waals surface area contributed by atoms with Gasteiger partial charge in [-0.05, 0) is 37.5 Å². The first-order chi connectivity index (χ1) is 8.64. The summed E-state index contributed by atoms with van der Waals surface area (Å²) in [5.74, 6) is 2.48. The zero-order valence-electron chi connectivity index (χ0n) is 10.8. The Kier molecular flexibility index (Phi) is 5.32. The van der Waals surface area contributed by atoms with Gasteiger partial charge in [-0.2, -0.15) is 28.8 Å². The Labute approximate surface area is 114 Å². The number of nitrogens with zero attached hydrogens (tertiary/aromatic N) is 2. The number of piperidine rings is 1. The van der Waals surface area contributed by atoms with E-state index in [0.29, 0.717) is 38.6 Å². The molecule has 0 radical (unpaired) electrons. The minimum Gasteiger partial charge on any atom is -0.330 e. The van der Waals surface area contributed by atoms with Crippen molar-refractivity contribution in [2.24, 2.45) is 11.7 Å². The Balaban J connectivity index is 1.97. The van der Waals surface area contributed by atoms with Gasteiger partial charge in [0.2, 0.25) is 0 Å². The van der Waals surface area contributed by atoms with E-state index in [1.807, 2.05) is 11.8 Å². The van der Waals surface area contributed by atoms with Crippen LogP contribution >= 0.6 is 11.8 Å². The molecule has 7 heteroatoms. The largest absolute Gasteiger partial charge is 0.330 e. The summed E-state index contributed by atoms with van der Waals surface area (Å²) in [5.41, 5.74) is 5.64. The van der Waals surface area contributed by atoms with Gasteiger partial charge >= 0.3 is 0 Å². The molecule has 0 spiro atoms. The smallest absolute Gasteiger partial charge is 0.282 e. The summed E-state index contributed by atoms with van der Waals surface area (Å²) in [7, 11) is -3.23. The minimum atomic E-state index is -3.23. The summed E-state index contributed by atoms with van der Waals surface area (Å²) in [6, 6.07) is 0. The monoisotopic (exact) mass is 293 g/mol. The van der Waals surface area contributed by atoms with Crippen molar-refractivity contribution >= 4 is 22.0 Å². The van der Waals surface area contributed by atoms with Crippen LogP contribution in [0.25, 0.3) is 0 Å². The van der Waals surface area contributed by atoms with Crippen molar-refractivity contribution in [3.05, 3.63) is 0 Å². The van der Waals surface area contributed by atoms with Crippen LogP contribution < -0.4 is 5.73 Å². The van der Waals surface area contributed by atoms with Gasteiger partial charge in [-0.25, -0.2) is 0 Å². The standard InChI is InChI=1S/C11H23N3O2S2/c12-10-11-2-5-14(6-3-11)18(15,16)13-4-1-8-17-9-7-13/h11H,1-10,12H2. The second-order valence-corrected chi connectivity index (χ2v) is 8.10. The first-order valence-electron chi connectivity index (χ1n) is 6.67. The van der Waals surface area contributed by atoms with Gasteiger partial charge in [0.25, 0.3) is 10.2 Å². The van der Waals surface area contributed by atoms with Crippen LogP contribution in [0.1, 0.15) is 19.3 Å². The maximum atomic E-state index is 12.5. The SMILES string of the molecule is NCC1CCN(S(=O)(=O)N2CCCSCC2)CC1. The van der Waals surface area contributed by atoms with Gasteiger partial charge in [-0.1, -0.05) is 0 Å². The van der Waals surface area contributed by atoms with Crippen LogP contribution in [-0.2, 0) is 10.2 Å². The normalized spacial score (nSPS) is 26.1. The molecule has 0 unspecified atom stereocenters. The van der Waals surface area contributed by atoms with E-state index in [-0.39, 0.29) is 0 Å². The third-order valence-electron chi connectivity index (χ3n) is 3.74. The van der Waals surface area contributed by atoms with Crippen molar-refractivity contribution in [2.75, 3.05) is 44.2 Å². The lowest BCUT2D eigenvalue weighted by Gasteiger charge is -2.34. The first-order valence-corrected chi connectivity index (χ1v) is 9.23. The Hall–Kier alpha value is 0.180. The van der Waals surface area contributed by atoms with Crippen LogP contribution in [0.4, 0.5) is 0 Å². The average Bonchev–Trinajstić information content (AvgIpc) is 2.68. The molecule has 5 nitrogen and oxygen atoms in total. The van der Waals surface area contributed by atoms with Gasteiger partial charge in [0.1, 0.15) is 0 Å². The highest BCUT2D eigenvalue weighted by Gasteiger charge is 2.32. The lowest BCUT2D eigenvalue weighted by molar-refractivity contribution is 0.259. The molecule has 2 fully saturated rings. The maximum absolute atomic E-state index is 12.5. The number of thioether (sulfide) groups is 1. The van der Waals surface area contributed by atoms with Gasteiger partial charge < -0.3 is 5.73 Å². The summed E-state index contributed by atoms with van der Waals surface area (Å²) in [6.45, 7) is 3.27. The van der Waals surface area contributed by atoms with E-state index < -0.39 is 10.2 Å². The molecule has 0 aliphatic carbocycles. The van der Waals surface area contributed by atoms with Crippen LogP contribution in [0.15, 0.2) is 0 Å². The van der Waals surface area contributed by atoms with Crippen LogP contribution in [0.5, 0.6) is 0 Å². The van der Waals surface area contributed by atoms with Crippen LogP contribution in [0.3, 0.4) is 0 Å². The fourth-order valence-electron chi connectivity index (χ4n) is 2.49. The van der Waals surface area contributed by atoms with E-state index in [1.165, 1.54) is 0 Å². The van der Waals surface area contributed by atoms with Crippen molar-refractivity contribution in [2.45, 2.75) is 19.3 Å². The molecule has 0 aromatic heterocycles. The topological polar surface area (TPSA) is 66.6 Å². The molecule has 106 valence electrons. The fraction of sp³-hybridized carbons (Fsp3) is 1.00. The highest BCUT2D eigenvalue weighted by molar-refractivity contribution is 7.99. The summed E-state index contributed by atoms with van der Waals surface area (Å²) >= 11 is 1.85. The molecule has 0 bridgehead atoms. The third-order valence-corrected chi connectivity index (χ3v) is 6.82. The molecular formula is C11H23N3O2S2. The second kappa shape index (κ2) is 6.56. The summed E-state index contributed by atoms with van der Waals surface area (Å²) in [6.07, 6.45) is 2.76. The molecule has 0 aromatic rings. The van der Waals surface area contributed by atoms with Gasteiger partial charge in [0.15, 0.2) is 0 Å². The van der Waals surface area contributed by atoms with Crippen LogP contribution in [-0.4, -0.2) is 61.3 Å². The first kappa shape index (κ1) is 14.6. The summed E-state index contributed by atoms with van der Waals surface area (Å²) < 4.78 is 28.3. The zero-order valence-corrected chi connectivity index (χ0v) is 12.4. The second-order valence-electron chi connectivity index (χ2n) is 4.95. The minimum absolute atomic E-state index is 0.496. The molecule has 2 aliphatic rings. The van der Waals surface area contributed by atoms with E-state index in [9.17, 15) is 8.42 Å². The average molecular weight is 293 g/mol. The third kappa shape index (κ3) is 3.39. The van der Waals surface area contributed by atoms with Crippen molar-refractivity contribution in [1.29, 1.82) is 0 Å². The number of rotatable bonds is 3. The maximum Gasteiger partial charge on any atom is 0.282 e. The van der Waals surface area contributed by atoms with E-state index >= 15 is 0 Å². The van der Waals surface area contributed by atoms with Crippen molar-refractivity contribution < 1.29 is 8.42 Å². The van der Waals surface area contributed by atoms with Crippen LogP contribution in [0.2, 0.25) is 0 Å². The molecule has 2 saturated heterocycles. The summed E-state index contributed by atoms with van der Waals surface area (Å²) in [5, 5.41) is 0. The van der Waals surface area contributed by atoms with Crippen molar-refractivity contribution in [1.82, 2.24) is 8.61 Å². The molecule has 18 heavy (non-hydrogen) atoms. The molecule has 2 rings (SSSR count). The molecule has 0 aromatic carbocycles. The van der Waals surface area contributed by atoms with E-state index in [0.717, 1.165) is 30.8 Å². The Bertz CT molecular complexity index is 345. The molecule has 2 aliphatic heterocycles. The molecule has 0 saturated carbocycles. The Morgan fingerprint density at radius 3 is 2.39 bits per heavy atom. The lowest BCUT2D eigenvalue weighted by Crippen LogP contribution is -2.48. The molecule has 2 heterocycles. The summed E-state index contributed by atoms with van der Waals surface area (Å²) in [4.78, 5) is 0. The fourth-order valence-corrected chi connectivity index (χ4v) is 5.18. The number of nitrogens with two attached hydrogens (primary N) is 1. The van der Waals surface area contributed by atoms with Gasteiger partial charge in [-0.3, -0.25) is 0 Å². The number of hydrogen-bond acceptors (Lipinski definition) is 4. The highest BCUT2D eigenvalue weighted by Crippen LogP contribution is 2.22. The van der Waals surface area contributed by atoms with Crippen molar-refractivity contribution in [3.63, 3.8) is 0 Å².